The van der Waals surface area contributed by atoms with Gasteiger partial charge < -0.3 is 18.9 Å². The van der Waals surface area contributed by atoms with Crippen LogP contribution in [0.15, 0.2) is 89.6 Å². The lowest BCUT2D eigenvalue weighted by Gasteiger charge is -2.12. The number of ether oxygens (including phenoxy) is 4. The van der Waals surface area contributed by atoms with Gasteiger partial charge in [-0.2, -0.15) is 0 Å². The SMILES string of the molecule is COc1ccccc1OCCOc1ccccc1/C=C1/N=C(c2ccccc2)OC1=O. The first-order chi connectivity index (χ1) is 15.2. The van der Waals surface area contributed by atoms with Crippen molar-refractivity contribution >= 4 is 17.9 Å². The fourth-order valence-corrected chi connectivity index (χ4v) is 3.03. The minimum atomic E-state index is -0.492. The van der Waals surface area contributed by atoms with Crippen LogP contribution in [0.5, 0.6) is 17.2 Å². The highest BCUT2D eigenvalue weighted by atomic mass is 16.6. The Morgan fingerprint density at radius 3 is 2.16 bits per heavy atom. The molecule has 1 aliphatic rings. The van der Waals surface area contributed by atoms with Gasteiger partial charge in [-0.15, -0.1) is 0 Å². The summed E-state index contributed by atoms with van der Waals surface area (Å²) in [4.78, 5) is 16.6. The summed E-state index contributed by atoms with van der Waals surface area (Å²) >= 11 is 0. The summed E-state index contributed by atoms with van der Waals surface area (Å²) in [5, 5.41) is 0. The lowest BCUT2D eigenvalue weighted by Crippen LogP contribution is -2.10. The fourth-order valence-electron chi connectivity index (χ4n) is 3.03. The molecular weight excluding hydrogens is 394 g/mol. The van der Waals surface area contributed by atoms with Gasteiger partial charge in [0.2, 0.25) is 5.90 Å². The van der Waals surface area contributed by atoms with E-state index >= 15 is 0 Å². The molecule has 6 nitrogen and oxygen atoms in total. The summed E-state index contributed by atoms with van der Waals surface area (Å²) in [6, 6.07) is 24.2. The van der Waals surface area contributed by atoms with Gasteiger partial charge in [0.25, 0.3) is 0 Å². The van der Waals surface area contributed by atoms with E-state index < -0.39 is 5.97 Å². The number of carbonyl (C=O) groups is 1. The molecule has 0 radical (unpaired) electrons. The maximum Gasteiger partial charge on any atom is 0.363 e. The zero-order chi connectivity index (χ0) is 21.5. The highest BCUT2D eigenvalue weighted by Gasteiger charge is 2.24. The number of esters is 1. The van der Waals surface area contributed by atoms with Gasteiger partial charge >= 0.3 is 5.97 Å². The molecule has 0 unspecified atom stereocenters. The minimum Gasteiger partial charge on any atom is -0.493 e. The van der Waals surface area contributed by atoms with E-state index in [1.165, 1.54) is 0 Å². The first kappa shape index (κ1) is 20.2. The van der Waals surface area contributed by atoms with E-state index in [1.54, 1.807) is 13.2 Å². The zero-order valence-corrected chi connectivity index (χ0v) is 17.0. The fraction of sp³-hybridized carbons (Fsp3) is 0.120. The number of aliphatic imine (C=N–C) groups is 1. The first-order valence-electron chi connectivity index (χ1n) is 9.80. The van der Waals surface area contributed by atoms with E-state index in [9.17, 15) is 4.79 Å². The third-order valence-corrected chi connectivity index (χ3v) is 4.52. The standard InChI is InChI=1S/C25H21NO5/c1-28-22-13-7-8-14-23(22)30-16-15-29-21-12-6-5-11-19(21)17-20-25(27)31-24(26-20)18-9-3-2-4-10-18/h2-14,17H,15-16H2,1H3/b20-17+. The van der Waals surface area contributed by atoms with Crippen molar-refractivity contribution in [1.82, 2.24) is 0 Å². The van der Waals surface area contributed by atoms with Crippen molar-refractivity contribution in [2.24, 2.45) is 4.99 Å². The van der Waals surface area contributed by atoms with E-state index in [0.29, 0.717) is 36.4 Å². The van der Waals surface area contributed by atoms with Gasteiger partial charge in [0, 0.05) is 11.1 Å². The van der Waals surface area contributed by atoms with Crippen LogP contribution in [0.25, 0.3) is 6.08 Å². The van der Waals surface area contributed by atoms with Crippen molar-refractivity contribution in [2.45, 2.75) is 0 Å². The summed E-state index contributed by atoms with van der Waals surface area (Å²) in [6.45, 7) is 0.658. The Kier molecular flexibility index (Phi) is 6.28. The topological polar surface area (TPSA) is 66.3 Å². The second-order valence-electron chi connectivity index (χ2n) is 6.59. The quantitative estimate of drug-likeness (QED) is 0.308. The number of cyclic esters (lactones) is 1. The molecule has 0 saturated heterocycles. The molecule has 3 aromatic carbocycles. The van der Waals surface area contributed by atoms with Crippen molar-refractivity contribution in [3.05, 3.63) is 95.7 Å². The van der Waals surface area contributed by atoms with E-state index in [4.69, 9.17) is 18.9 Å². The first-order valence-corrected chi connectivity index (χ1v) is 9.80. The molecule has 4 rings (SSSR count). The van der Waals surface area contributed by atoms with Gasteiger partial charge in [-0.05, 0) is 36.4 Å². The lowest BCUT2D eigenvalue weighted by molar-refractivity contribution is -0.129. The Morgan fingerprint density at radius 2 is 1.42 bits per heavy atom. The number of para-hydroxylation sites is 3. The molecular formula is C25H21NO5. The molecule has 6 heteroatoms. The molecule has 0 fully saturated rings. The van der Waals surface area contributed by atoms with Gasteiger partial charge in [-0.3, -0.25) is 0 Å². The molecule has 0 aliphatic carbocycles. The predicted octanol–water partition coefficient (Wildman–Crippen LogP) is 4.50. The second-order valence-corrected chi connectivity index (χ2v) is 6.59. The van der Waals surface area contributed by atoms with E-state index in [2.05, 4.69) is 4.99 Å². The number of rotatable bonds is 8. The van der Waals surface area contributed by atoms with Crippen molar-refractivity contribution < 1.29 is 23.7 Å². The zero-order valence-electron chi connectivity index (χ0n) is 17.0. The maximum atomic E-state index is 12.3. The molecule has 0 N–H and O–H groups in total. The van der Waals surface area contributed by atoms with Gasteiger partial charge in [-0.1, -0.05) is 48.5 Å². The number of benzene rings is 3. The molecule has 0 spiro atoms. The average Bonchev–Trinajstić information content (AvgIpc) is 3.18. The molecule has 156 valence electrons. The second kappa shape index (κ2) is 9.63. The predicted molar refractivity (Wildman–Crippen MR) is 117 cm³/mol. The van der Waals surface area contributed by atoms with Crippen molar-refractivity contribution in [3.8, 4) is 17.2 Å². The van der Waals surface area contributed by atoms with Gasteiger partial charge in [0.15, 0.2) is 17.2 Å². The van der Waals surface area contributed by atoms with Gasteiger partial charge in [0.1, 0.15) is 19.0 Å². The number of hydrogen-bond acceptors (Lipinski definition) is 6. The van der Waals surface area contributed by atoms with Crippen LogP contribution < -0.4 is 14.2 Å². The van der Waals surface area contributed by atoms with Crippen molar-refractivity contribution in [2.75, 3.05) is 20.3 Å². The lowest BCUT2D eigenvalue weighted by atomic mass is 10.1. The monoisotopic (exact) mass is 415 g/mol. The minimum absolute atomic E-state index is 0.222. The molecule has 0 aromatic heterocycles. The van der Waals surface area contributed by atoms with Crippen LogP contribution in [-0.4, -0.2) is 32.2 Å². The van der Waals surface area contributed by atoms with Crippen LogP contribution in [0.4, 0.5) is 0 Å². The Labute approximate surface area is 180 Å². The Bertz CT molecular complexity index is 1120. The molecule has 0 saturated carbocycles. The molecule has 0 amide bonds. The Morgan fingerprint density at radius 1 is 0.806 bits per heavy atom. The molecule has 0 bridgehead atoms. The summed E-state index contributed by atoms with van der Waals surface area (Å²) in [6.07, 6.45) is 1.66. The van der Waals surface area contributed by atoms with Crippen molar-refractivity contribution in [1.29, 1.82) is 0 Å². The number of nitrogens with zero attached hydrogens (tertiary/aromatic N) is 1. The molecule has 1 aliphatic heterocycles. The van der Waals surface area contributed by atoms with E-state index in [1.807, 2.05) is 78.9 Å². The smallest absolute Gasteiger partial charge is 0.363 e. The number of carbonyl (C=O) groups excluding carboxylic acids is 1. The highest BCUT2D eigenvalue weighted by molar-refractivity contribution is 6.12. The third-order valence-electron chi connectivity index (χ3n) is 4.52. The highest BCUT2D eigenvalue weighted by Crippen LogP contribution is 2.27. The molecule has 1 heterocycles. The van der Waals surface area contributed by atoms with Crippen LogP contribution >= 0.6 is 0 Å². The Hall–Kier alpha value is -4.06. The average molecular weight is 415 g/mol. The van der Waals surface area contributed by atoms with E-state index in [-0.39, 0.29) is 5.70 Å². The summed E-state index contributed by atoms with van der Waals surface area (Å²) in [5.74, 6) is 1.74. The normalized spacial score (nSPS) is 14.2. The van der Waals surface area contributed by atoms with Crippen LogP contribution in [-0.2, 0) is 9.53 Å². The maximum absolute atomic E-state index is 12.3. The van der Waals surface area contributed by atoms with Crippen LogP contribution in [0.2, 0.25) is 0 Å². The van der Waals surface area contributed by atoms with Gasteiger partial charge in [-0.25, -0.2) is 9.79 Å². The third kappa shape index (κ3) is 4.93. The van der Waals surface area contributed by atoms with Gasteiger partial charge in [0.05, 0.1) is 7.11 Å². The van der Waals surface area contributed by atoms with Crippen molar-refractivity contribution in [3.63, 3.8) is 0 Å². The Balaban J connectivity index is 1.44. The van der Waals surface area contributed by atoms with E-state index in [0.717, 1.165) is 11.1 Å². The number of hydrogen-bond donors (Lipinski definition) is 0. The molecule has 31 heavy (non-hydrogen) atoms. The summed E-state index contributed by atoms with van der Waals surface area (Å²) in [7, 11) is 1.60. The van der Waals surface area contributed by atoms with Crippen LogP contribution in [0, 0.1) is 0 Å². The van der Waals surface area contributed by atoms with Crippen LogP contribution in [0.1, 0.15) is 11.1 Å². The summed E-state index contributed by atoms with van der Waals surface area (Å²) < 4.78 is 22.2. The molecule has 3 aromatic rings. The molecule has 0 atom stereocenters. The largest absolute Gasteiger partial charge is 0.493 e. The van der Waals surface area contributed by atoms with Crippen LogP contribution in [0.3, 0.4) is 0 Å². The summed E-state index contributed by atoms with van der Waals surface area (Å²) in [5.41, 5.74) is 1.70. The number of methoxy groups -OCH3 is 1.